The van der Waals surface area contributed by atoms with Crippen LogP contribution in [0.25, 0.3) is 0 Å². The van der Waals surface area contributed by atoms with Crippen LogP contribution < -0.4 is 0 Å². The zero-order valence-corrected chi connectivity index (χ0v) is 16.9. The fourth-order valence-corrected chi connectivity index (χ4v) is 3.96. The van der Waals surface area contributed by atoms with Crippen molar-refractivity contribution in [2.75, 3.05) is 33.2 Å². The highest BCUT2D eigenvalue weighted by Crippen LogP contribution is 2.23. The van der Waals surface area contributed by atoms with Crippen molar-refractivity contribution in [3.8, 4) is 0 Å². The maximum Gasteiger partial charge on any atom is 0.261 e. The number of hydrogen-bond donors (Lipinski definition) is 0. The lowest BCUT2D eigenvalue weighted by Gasteiger charge is -2.22. The summed E-state index contributed by atoms with van der Waals surface area (Å²) < 4.78 is 0. The molecule has 0 unspecified atom stereocenters. The van der Waals surface area contributed by atoms with Gasteiger partial charge in [-0.15, -0.1) is 0 Å². The molecule has 0 radical (unpaired) electrons. The third-order valence-corrected chi connectivity index (χ3v) is 5.74. The number of amides is 3. The van der Waals surface area contributed by atoms with Crippen LogP contribution in [0.15, 0.2) is 42.5 Å². The van der Waals surface area contributed by atoms with Crippen LogP contribution in [0.4, 0.5) is 0 Å². The Morgan fingerprint density at radius 1 is 0.897 bits per heavy atom. The number of rotatable bonds is 3. The normalized spacial score (nSPS) is 17.4. The van der Waals surface area contributed by atoms with Crippen LogP contribution in [0, 0.1) is 6.92 Å². The van der Waals surface area contributed by atoms with Crippen LogP contribution in [0.1, 0.15) is 48.6 Å². The molecule has 2 aliphatic rings. The van der Waals surface area contributed by atoms with E-state index in [2.05, 4.69) is 36.1 Å². The molecule has 3 amide bonds. The smallest absolute Gasteiger partial charge is 0.261 e. The van der Waals surface area contributed by atoms with E-state index in [1.807, 2.05) is 4.90 Å². The average molecular weight is 391 g/mol. The third kappa shape index (κ3) is 3.80. The highest BCUT2D eigenvalue weighted by atomic mass is 16.2. The topological polar surface area (TPSA) is 60.9 Å². The molecule has 2 aromatic carbocycles. The molecule has 0 N–H and O–H groups in total. The van der Waals surface area contributed by atoms with Crippen LogP contribution in [-0.4, -0.2) is 65.6 Å². The van der Waals surface area contributed by atoms with E-state index >= 15 is 0 Å². The molecule has 0 bridgehead atoms. The molecule has 1 saturated heterocycles. The number of carbonyl (C=O) groups excluding carboxylic acids is 3. The van der Waals surface area contributed by atoms with Crippen molar-refractivity contribution >= 4 is 17.7 Å². The Kier molecular flexibility index (Phi) is 5.20. The van der Waals surface area contributed by atoms with E-state index in [1.165, 1.54) is 18.2 Å². The average Bonchev–Trinajstić information content (AvgIpc) is 2.89. The van der Waals surface area contributed by atoms with Gasteiger partial charge in [0, 0.05) is 45.3 Å². The Hall–Kier alpha value is -2.99. The van der Waals surface area contributed by atoms with E-state index in [0.29, 0.717) is 29.8 Å². The van der Waals surface area contributed by atoms with Gasteiger partial charge in [-0.05, 0) is 37.1 Å². The molecule has 6 heteroatoms. The van der Waals surface area contributed by atoms with Crippen molar-refractivity contribution in [3.63, 3.8) is 0 Å². The second-order valence-electron chi connectivity index (χ2n) is 7.84. The second kappa shape index (κ2) is 7.79. The minimum absolute atomic E-state index is 0.0835. The number of benzene rings is 2. The predicted molar refractivity (Wildman–Crippen MR) is 110 cm³/mol. The number of imide groups is 1. The lowest BCUT2D eigenvalue weighted by molar-refractivity contribution is 0.0692. The van der Waals surface area contributed by atoms with Crippen LogP contribution in [0.3, 0.4) is 0 Å². The number of carbonyl (C=O) groups is 3. The van der Waals surface area contributed by atoms with Gasteiger partial charge in [-0.3, -0.25) is 24.2 Å². The number of aryl methyl sites for hydroxylation is 1. The summed E-state index contributed by atoms with van der Waals surface area (Å²) >= 11 is 0. The van der Waals surface area contributed by atoms with E-state index in [4.69, 9.17) is 0 Å². The maximum atomic E-state index is 13.0. The lowest BCUT2D eigenvalue weighted by atomic mass is 10.0. The molecule has 0 saturated carbocycles. The molecule has 0 aromatic heterocycles. The van der Waals surface area contributed by atoms with E-state index in [1.54, 1.807) is 18.2 Å². The maximum absolute atomic E-state index is 13.0. The molecule has 150 valence electrons. The van der Waals surface area contributed by atoms with Crippen molar-refractivity contribution in [1.82, 2.24) is 14.7 Å². The number of nitrogens with zero attached hydrogens (tertiary/aromatic N) is 3. The Balaban J connectivity index is 1.43. The SMILES string of the molecule is Cc1ccc(CN2CCCN(C(=O)c3ccc4c(c3)C(=O)N(C)C4=O)CC2)cc1. The fourth-order valence-electron chi connectivity index (χ4n) is 3.96. The van der Waals surface area contributed by atoms with Crippen molar-refractivity contribution in [2.45, 2.75) is 19.9 Å². The van der Waals surface area contributed by atoms with Gasteiger partial charge in [-0.2, -0.15) is 0 Å². The first-order valence-corrected chi connectivity index (χ1v) is 9.97. The Labute approximate surface area is 170 Å². The molecular weight excluding hydrogens is 366 g/mol. The molecular formula is C23H25N3O3. The fraction of sp³-hybridized carbons (Fsp3) is 0.348. The molecule has 1 fully saturated rings. The van der Waals surface area contributed by atoms with Crippen LogP contribution in [0.2, 0.25) is 0 Å². The summed E-state index contributed by atoms with van der Waals surface area (Å²) in [5.41, 5.74) is 3.68. The van der Waals surface area contributed by atoms with Gasteiger partial charge in [0.2, 0.25) is 0 Å². The number of hydrogen-bond acceptors (Lipinski definition) is 4. The summed E-state index contributed by atoms with van der Waals surface area (Å²) in [6, 6.07) is 13.4. The van der Waals surface area contributed by atoms with Gasteiger partial charge in [0.15, 0.2) is 0 Å². The van der Waals surface area contributed by atoms with Gasteiger partial charge in [-0.1, -0.05) is 29.8 Å². The quantitative estimate of drug-likeness (QED) is 0.755. The van der Waals surface area contributed by atoms with Gasteiger partial charge in [0.25, 0.3) is 17.7 Å². The largest absolute Gasteiger partial charge is 0.337 e. The van der Waals surface area contributed by atoms with E-state index in [-0.39, 0.29) is 17.7 Å². The first-order chi connectivity index (χ1) is 13.9. The first-order valence-electron chi connectivity index (χ1n) is 9.97. The summed E-state index contributed by atoms with van der Waals surface area (Å²) in [6.07, 6.45) is 0.905. The zero-order valence-electron chi connectivity index (χ0n) is 16.9. The summed E-state index contributed by atoms with van der Waals surface area (Å²) in [5.74, 6) is -0.745. The highest BCUT2D eigenvalue weighted by Gasteiger charge is 2.33. The van der Waals surface area contributed by atoms with Gasteiger partial charge in [-0.25, -0.2) is 0 Å². The van der Waals surface area contributed by atoms with E-state index in [0.717, 1.165) is 31.0 Å². The van der Waals surface area contributed by atoms with E-state index in [9.17, 15) is 14.4 Å². The summed E-state index contributed by atoms with van der Waals surface area (Å²) in [4.78, 5) is 42.6. The molecule has 2 aliphatic heterocycles. The Morgan fingerprint density at radius 2 is 1.62 bits per heavy atom. The zero-order chi connectivity index (χ0) is 20.5. The predicted octanol–water partition coefficient (Wildman–Crippen LogP) is 2.57. The van der Waals surface area contributed by atoms with Crippen molar-refractivity contribution < 1.29 is 14.4 Å². The first kappa shape index (κ1) is 19.3. The minimum atomic E-state index is -0.347. The van der Waals surface area contributed by atoms with Crippen LogP contribution in [-0.2, 0) is 6.54 Å². The van der Waals surface area contributed by atoms with Gasteiger partial charge >= 0.3 is 0 Å². The highest BCUT2D eigenvalue weighted by molar-refractivity contribution is 6.21. The molecule has 0 aliphatic carbocycles. The van der Waals surface area contributed by atoms with Crippen LogP contribution >= 0.6 is 0 Å². The molecule has 4 rings (SSSR count). The Morgan fingerprint density at radius 3 is 2.38 bits per heavy atom. The summed E-state index contributed by atoms with van der Waals surface area (Å²) in [5, 5.41) is 0. The molecule has 29 heavy (non-hydrogen) atoms. The standard InChI is InChI=1S/C23H25N3O3/c1-16-4-6-17(7-5-16)15-25-10-3-11-26(13-12-25)21(27)18-8-9-19-20(14-18)23(29)24(2)22(19)28/h4-9,14H,3,10-13,15H2,1-2H3. The molecule has 2 aromatic rings. The number of fused-ring (bicyclic) bond motifs is 1. The summed E-state index contributed by atoms with van der Waals surface area (Å²) in [6.45, 7) is 6.05. The molecule has 2 heterocycles. The lowest BCUT2D eigenvalue weighted by Crippen LogP contribution is -2.35. The summed E-state index contributed by atoms with van der Waals surface area (Å²) in [7, 11) is 1.46. The second-order valence-corrected chi connectivity index (χ2v) is 7.84. The molecule has 0 spiro atoms. The molecule has 6 nitrogen and oxygen atoms in total. The van der Waals surface area contributed by atoms with Gasteiger partial charge < -0.3 is 4.90 Å². The Bertz CT molecular complexity index is 968. The minimum Gasteiger partial charge on any atom is -0.337 e. The van der Waals surface area contributed by atoms with Crippen LogP contribution in [0.5, 0.6) is 0 Å². The monoisotopic (exact) mass is 391 g/mol. The molecule has 0 atom stereocenters. The van der Waals surface area contributed by atoms with Gasteiger partial charge in [0.05, 0.1) is 11.1 Å². The van der Waals surface area contributed by atoms with Crippen molar-refractivity contribution in [1.29, 1.82) is 0 Å². The van der Waals surface area contributed by atoms with Crippen molar-refractivity contribution in [2.24, 2.45) is 0 Å². The third-order valence-electron chi connectivity index (χ3n) is 5.74. The van der Waals surface area contributed by atoms with Crippen molar-refractivity contribution in [3.05, 3.63) is 70.3 Å². The van der Waals surface area contributed by atoms with Gasteiger partial charge in [0.1, 0.15) is 0 Å². The van der Waals surface area contributed by atoms with E-state index < -0.39 is 0 Å².